The number of hydrogen-bond acceptors (Lipinski definition) is 2. The molecule has 4 heteroatoms. The molecule has 1 amide bonds. The summed E-state index contributed by atoms with van der Waals surface area (Å²) < 4.78 is 0. The van der Waals surface area contributed by atoms with E-state index >= 15 is 0 Å². The summed E-state index contributed by atoms with van der Waals surface area (Å²) in [5.41, 5.74) is 2.76. The average Bonchev–Trinajstić information content (AvgIpc) is 2.79. The van der Waals surface area contributed by atoms with Gasteiger partial charge in [-0.15, -0.1) is 0 Å². The number of aromatic amines is 1. The van der Waals surface area contributed by atoms with Crippen molar-refractivity contribution >= 4 is 5.91 Å². The van der Waals surface area contributed by atoms with Crippen LogP contribution in [0.5, 0.6) is 0 Å². The second-order valence-electron chi connectivity index (χ2n) is 3.64. The lowest BCUT2D eigenvalue weighted by Crippen LogP contribution is -2.23. The first kappa shape index (κ1) is 10.4. The number of benzene rings is 1. The molecule has 1 aromatic carbocycles. The second-order valence-corrected chi connectivity index (χ2v) is 3.64. The molecular formula is C12H13N3O. The van der Waals surface area contributed by atoms with Crippen LogP contribution in [0.15, 0.2) is 36.8 Å². The van der Waals surface area contributed by atoms with Gasteiger partial charge in [0.15, 0.2) is 0 Å². The maximum atomic E-state index is 11.6. The van der Waals surface area contributed by atoms with Gasteiger partial charge in [-0.1, -0.05) is 29.8 Å². The van der Waals surface area contributed by atoms with Crippen molar-refractivity contribution < 1.29 is 4.79 Å². The fourth-order valence-corrected chi connectivity index (χ4v) is 1.48. The topological polar surface area (TPSA) is 57.8 Å². The third-order valence-corrected chi connectivity index (χ3v) is 2.28. The Balaban J connectivity index is 1.95. The van der Waals surface area contributed by atoms with E-state index in [9.17, 15) is 4.79 Å². The van der Waals surface area contributed by atoms with Crippen LogP contribution in [0.25, 0.3) is 0 Å². The van der Waals surface area contributed by atoms with Crippen LogP contribution >= 0.6 is 0 Å². The first-order valence-electron chi connectivity index (χ1n) is 5.08. The molecule has 0 bridgehead atoms. The van der Waals surface area contributed by atoms with Gasteiger partial charge >= 0.3 is 0 Å². The number of aromatic nitrogens is 2. The van der Waals surface area contributed by atoms with Crippen LogP contribution in [0.2, 0.25) is 0 Å². The number of aryl methyl sites for hydroxylation is 1. The third kappa shape index (κ3) is 2.48. The van der Waals surface area contributed by atoms with Crippen molar-refractivity contribution in [3.8, 4) is 0 Å². The Morgan fingerprint density at radius 2 is 2.38 bits per heavy atom. The van der Waals surface area contributed by atoms with Crippen molar-refractivity contribution in [2.75, 3.05) is 0 Å². The van der Waals surface area contributed by atoms with Crippen molar-refractivity contribution in [2.45, 2.75) is 13.5 Å². The molecule has 0 aliphatic heterocycles. The van der Waals surface area contributed by atoms with E-state index in [4.69, 9.17) is 0 Å². The van der Waals surface area contributed by atoms with Gasteiger partial charge < -0.3 is 10.3 Å². The van der Waals surface area contributed by atoms with Crippen molar-refractivity contribution in [2.24, 2.45) is 0 Å². The Bertz CT molecular complexity index is 477. The fraction of sp³-hybridized carbons (Fsp3) is 0.167. The summed E-state index contributed by atoms with van der Waals surface area (Å²) in [6, 6.07) is 8.04. The van der Waals surface area contributed by atoms with E-state index in [1.165, 1.54) is 18.1 Å². The zero-order valence-electron chi connectivity index (χ0n) is 9.03. The van der Waals surface area contributed by atoms with Gasteiger partial charge in [-0.3, -0.25) is 4.79 Å². The van der Waals surface area contributed by atoms with E-state index < -0.39 is 0 Å². The predicted octanol–water partition coefficient (Wildman–Crippen LogP) is 1.65. The molecule has 4 nitrogen and oxygen atoms in total. The van der Waals surface area contributed by atoms with Crippen molar-refractivity contribution in [3.63, 3.8) is 0 Å². The van der Waals surface area contributed by atoms with E-state index in [1.807, 2.05) is 31.2 Å². The molecule has 0 saturated heterocycles. The van der Waals surface area contributed by atoms with Gasteiger partial charge in [0.25, 0.3) is 5.91 Å². The molecule has 0 unspecified atom stereocenters. The molecule has 0 fully saturated rings. The highest BCUT2D eigenvalue weighted by Gasteiger charge is 2.05. The quantitative estimate of drug-likeness (QED) is 0.817. The van der Waals surface area contributed by atoms with Crippen molar-refractivity contribution in [1.29, 1.82) is 0 Å². The van der Waals surface area contributed by atoms with E-state index in [1.54, 1.807) is 0 Å². The van der Waals surface area contributed by atoms with Gasteiger partial charge in [-0.05, 0) is 12.5 Å². The summed E-state index contributed by atoms with van der Waals surface area (Å²) in [4.78, 5) is 18.1. The lowest BCUT2D eigenvalue weighted by Gasteiger charge is -2.04. The van der Waals surface area contributed by atoms with Gasteiger partial charge in [0, 0.05) is 6.54 Å². The van der Waals surface area contributed by atoms with Gasteiger partial charge in [0.2, 0.25) is 0 Å². The van der Waals surface area contributed by atoms with Gasteiger partial charge in [0.05, 0.1) is 12.5 Å². The second kappa shape index (κ2) is 4.61. The monoisotopic (exact) mass is 215 g/mol. The minimum atomic E-state index is -0.140. The summed E-state index contributed by atoms with van der Waals surface area (Å²) in [6.45, 7) is 2.56. The predicted molar refractivity (Wildman–Crippen MR) is 60.9 cm³/mol. The molecule has 16 heavy (non-hydrogen) atoms. The lowest BCUT2D eigenvalue weighted by molar-refractivity contribution is 0.0946. The van der Waals surface area contributed by atoms with Crippen LogP contribution in [0.4, 0.5) is 0 Å². The van der Waals surface area contributed by atoms with Crippen LogP contribution in [0.1, 0.15) is 21.6 Å². The highest BCUT2D eigenvalue weighted by Crippen LogP contribution is 2.03. The minimum Gasteiger partial charge on any atom is -0.347 e. The molecule has 0 aliphatic rings. The molecule has 2 rings (SSSR count). The summed E-state index contributed by atoms with van der Waals surface area (Å²) in [6.07, 6.45) is 2.99. The van der Waals surface area contributed by atoms with Gasteiger partial charge in [-0.25, -0.2) is 4.98 Å². The zero-order valence-corrected chi connectivity index (χ0v) is 9.03. The molecular weight excluding hydrogens is 202 g/mol. The third-order valence-electron chi connectivity index (χ3n) is 2.28. The first-order chi connectivity index (χ1) is 7.75. The highest BCUT2D eigenvalue weighted by molar-refractivity contribution is 5.91. The number of nitrogens with one attached hydrogen (secondary N) is 2. The normalized spacial score (nSPS) is 10.1. The number of amides is 1. The Morgan fingerprint density at radius 3 is 3.06 bits per heavy atom. The van der Waals surface area contributed by atoms with E-state index in [2.05, 4.69) is 15.3 Å². The van der Waals surface area contributed by atoms with Crippen molar-refractivity contribution in [1.82, 2.24) is 15.3 Å². The molecule has 2 aromatic rings. The van der Waals surface area contributed by atoms with E-state index in [0.29, 0.717) is 12.2 Å². The average molecular weight is 215 g/mol. The number of hydrogen-bond donors (Lipinski definition) is 2. The minimum absolute atomic E-state index is 0.140. The lowest BCUT2D eigenvalue weighted by atomic mass is 10.1. The molecule has 0 aliphatic carbocycles. The number of H-pyrrole nitrogens is 1. The molecule has 82 valence electrons. The largest absolute Gasteiger partial charge is 0.347 e. The number of rotatable bonds is 3. The maximum Gasteiger partial charge on any atom is 0.269 e. The van der Waals surface area contributed by atoms with Gasteiger partial charge in [-0.2, -0.15) is 0 Å². The van der Waals surface area contributed by atoms with E-state index in [-0.39, 0.29) is 5.91 Å². The summed E-state index contributed by atoms with van der Waals surface area (Å²) >= 11 is 0. The van der Waals surface area contributed by atoms with Crippen LogP contribution in [-0.4, -0.2) is 15.9 Å². The Kier molecular flexibility index (Phi) is 3.00. The maximum absolute atomic E-state index is 11.6. The van der Waals surface area contributed by atoms with Crippen LogP contribution in [-0.2, 0) is 6.54 Å². The first-order valence-corrected chi connectivity index (χ1v) is 5.08. The SMILES string of the molecule is Cc1cccc(CNC(=O)c2cnc[nH]2)c1. The van der Waals surface area contributed by atoms with Crippen LogP contribution < -0.4 is 5.32 Å². The molecule has 2 N–H and O–H groups in total. The molecule has 0 radical (unpaired) electrons. The molecule has 0 spiro atoms. The number of carbonyl (C=O) groups excluding carboxylic acids is 1. The Labute approximate surface area is 93.7 Å². The summed E-state index contributed by atoms with van der Waals surface area (Å²) in [5.74, 6) is -0.140. The highest BCUT2D eigenvalue weighted by atomic mass is 16.1. The van der Waals surface area contributed by atoms with Crippen LogP contribution in [0, 0.1) is 6.92 Å². The standard InChI is InChI=1S/C12H13N3O/c1-9-3-2-4-10(5-9)6-14-12(16)11-7-13-8-15-11/h2-5,7-8H,6H2,1H3,(H,13,15)(H,14,16). The fourth-order valence-electron chi connectivity index (χ4n) is 1.48. The summed E-state index contributed by atoms with van der Waals surface area (Å²) in [7, 11) is 0. The molecule has 0 atom stereocenters. The molecule has 1 heterocycles. The summed E-state index contributed by atoms with van der Waals surface area (Å²) in [5, 5.41) is 2.82. The molecule has 1 aromatic heterocycles. The Morgan fingerprint density at radius 1 is 1.50 bits per heavy atom. The van der Waals surface area contributed by atoms with Crippen LogP contribution in [0.3, 0.4) is 0 Å². The van der Waals surface area contributed by atoms with E-state index in [0.717, 1.165) is 5.56 Å². The number of carbonyl (C=O) groups is 1. The Hall–Kier alpha value is -2.10. The van der Waals surface area contributed by atoms with Crippen molar-refractivity contribution in [3.05, 3.63) is 53.6 Å². The number of nitrogens with zero attached hydrogens (tertiary/aromatic N) is 1. The van der Waals surface area contributed by atoms with Gasteiger partial charge in [0.1, 0.15) is 5.69 Å². The number of imidazole rings is 1. The smallest absolute Gasteiger partial charge is 0.269 e. The molecule has 0 saturated carbocycles. The zero-order chi connectivity index (χ0) is 11.4.